The SMILES string of the molecule is CC(C(=O)N1CCOCC1)C(OC(N)=O)(C(=O)c1nc2ccccc2o1)C(C)(C)C1CCCCC1. The number of carbonyl (C=O) groups excluding carboxylic acids is 3. The highest BCUT2D eigenvalue weighted by atomic mass is 16.6. The number of amides is 2. The lowest BCUT2D eigenvalue weighted by molar-refractivity contribution is -0.158. The Kier molecular flexibility index (Phi) is 7.17. The molecule has 1 saturated carbocycles. The van der Waals surface area contributed by atoms with Gasteiger partial charge in [0.25, 0.3) is 11.7 Å². The minimum absolute atomic E-state index is 0.0314. The van der Waals surface area contributed by atoms with E-state index in [0.29, 0.717) is 37.4 Å². The van der Waals surface area contributed by atoms with E-state index in [1.54, 1.807) is 36.1 Å². The first-order valence-electron chi connectivity index (χ1n) is 12.4. The molecule has 1 saturated heterocycles. The second kappa shape index (κ2) is 9.97. The van der Waals surface area contributed by atoms with Crippen LogP contribution >= 0.6 is 0 Å². The van der Waals surface area contributed by atoms with E-state index in [9.17, 15) is 14.4 Å². The Hall–Kier alpha value is -2.94. The van der Waals surface area contributed by atoms with Crippen LogP contribution in [0.2, 0.25) is 0 Å². The number of fused-ring (bicyclic) bond motifs is 1. The summed E-state index contributed by atoms with van der Waals surface area (Å²) in [5.41, 5.74) is 3.71. The fourth-order valence-corrected chi connectivity index (χ4v) is 5.96. The molecule has 9 heteroatoms. The number of rotatable bonds is 7. The van der Waals surface area contributed by atoms with Crippen LogP contribution in [0.3, 0.4) is 0 Å². The van der Waals surface area contributed by atoms with Crippen LogP contribution in [0, 0.1) is 17.3 Å². The molecule has 2 aromatic rings. The number of carbonyl (C=O) groups is 3. The van der Waals surface area contributed by atoms with Crippen LogP contribution in [0.5, 0.6) is 0 Å². The van der Waals surface area contributed by atoms with Gasteiger partial charge in [-0.05, 0) is 37.8 Å². The predicted octanol–water partition coefficient (Wildman–Crippen LogP) is 3.95. The molecular formula is C26H35N3O6. The highest BCUT2D eigenvalue weighted by molar-refractivity contribution is 6.05. The number of aromatic nitrogens is 1. The van der Waals surface area contributed by atoms with Gasteiger partial charge in [0.2, 0.25) is 5.91 Å². The van der Waals surface area contributed by atoms with Gasteiger partial charge in [-0.25, -0.2) is 9.78 Å². The summed E-state index contributed by atoms with van der Waals surface area (Å²) in [6.45, 7) is 7.06. The van der Waals surface area contributed by atoms with Crippen LogP contribution < -0.4 is 5.73 Å². The lowest BCUT2D eigenvalue weighted by Crippen LogP contribution is -2.65. The number of benzene rings is 1. The molecule has 1 aromatic carbocycles. The molecule has 1 aliphatic carbocycles. The maximum Gasteiger partial charge on any atom is 0.405 e. The molecular weight excluding hydrogens is 450 g/mol. The maximum atomic E-state index is 14.4. The summed E-state index contributed by atoms with van der Waals surface area (Å²) in [5.74, 6) is -2.12. The van der Waals surface area contributed by atoms with Gasteiger partial charge >= 0.3 is 6.09 Å². The summed E-state index contributed by atoms with van der Waals surface area (Å²) in [6, 6.07) is 7.03. The van der Waals surface area contributed by atoms with Crippen molar-refractivity contribution in [1.82, 2.24) is 9.88 Å². The minimum atomic E-state index is -1.91. The van der Waals surface area contributed by atoms with Crippen molar-refractivity contribution in [2.45, 2.75) is 58.5 Å². The first kappa shape index (κ1) is 25.2. The smallest absolute Gasteiger partial charge is 0.405 e. The Morgan fingerprint density at radius 3 is 2.40 bits per heavy atom. The molecule has 0 bridgehead atoms. The van der Waals surface area contributed by atoms with Gasteiger partial charge in [-0.1, -0.05) is 45.2 Å². The summed E-state index contributed by atoms with van der Waals surface area (Å²) in [5, 5.41) is 0. The Labute approximate surface area is 205 Å². The van der Waals surface area contributed by atoms with Crippen molar-refractivity contribution in [3.05, 3.63) is 30.2 Å². The molecule has 4 rings (SSSR count). The Balaban J connectivity index is 1.86. The summed E-state index contributed by atoms with van der Waals surface area (Å²) in [7, 11) is 0. The van der Waals surface area contributed by atoms with Gasteiger partial charge in [-0.2, -0.15) is 0 Å². The van der Waals surface area contributed by atoms with Crippen molar-refractivity contribution in [2.75, 3.05) is 26.3 Å². The molecule has 190 valence electrons. The zero-order chi connectivity index (χ0) is 25.2. The van der Waals surface area contributed by atoms with Gasteiger partial charge < -0.3 is 24.5 Å². The second-order valence-electron chi connectivity index (χ2n) is 10.2. The lowest BCUT2D eigenvalue weighted by Gasteiger charge is -2.51. The van der Waals surface area contributed by atoms with Crippen LogP contribution in [0.1, 0.15) is 63.6 Å². The number of ether oxygens (including phenoxy) is 2. The molecule has 2 heterocycles. The van der Waals surface area contributed by atoms with E-state index in [1.165, 1.54) is 0 Å². The number of morpholine rings is 1. The van der Waals surface area contributed by atoms with Crippen molar-refractivity contribution >= 4 is 28.9 Å². The van der Waals surface area contributed by atoms with Crippen LogP contribution in [0.15, 0.2) is 28.7 Å². The Morgan fingerprint density at radius 2 is 1.77 bits per heavy atom. The average Bonchev–Trinajstić information content (AvgIpc) is 3.31. The molecule has 2 aliphatic rings. The topological polar surface area (TPSA) is 125 Å². The van der Waals surface area contributed by atoms with Crippen molar-refractivity contribution in [3.63, 3.8) is 0 Å². The summed E-state index contributed by atoms with van der Waals surface area (Å²) >= 11 is 0. The van der Waals surface area contributed by atoms with Crippen LogP contribution in [-0.4, -0.2) is 59.6 Å². The van der Waals surface area contributed by atoms with E-state index >= 15 is 0 Å². The predicted molar refractivity (Wildman–Crippen MR) is 129 cm³/mol. The number of hydrogen-bond acceptors (Lipinski definition) is 7. The molecule has 9 nitrogen and oxygen atoms in total. The standard InChI is InChI=1S/C26H35N3O6/c1-17(23(31)29-13-15-33-16-14-29)26(35-24(27)32,25(2,3)18-9-5-4-6-10-18)21(30)22-28-19-11-7-8-12-20(19)34-22/h7-8,11-12,17-18H,4-6,9-10,13-16H2,1-3H3,(H2,27,32). The van der Waals surface area contributed by atoms with Crippen LogP contribution in [0.4, 0.5) is 4.79 Å². The molecule has 1 aromatic heterocycles. The van der Waals surface area contributed by atoms with Crippen LogP contribution in [0.25, 0.3) is 11.1 Å². The van der Waals surface area contributed by atoms with Gasteiger partial charge in [-0.15, -0.1) is 0 Å². The number of nitrogens with two attached hydrogens (primary N) is 1. The van der Waals surface area contributed by atoms with E-state index in [-0.39, 0.29) is 17.7 Å². The van der Waals surface area contributed by atoms with E-state index in [4.69, 9.17) is 19.6 Å². The summed E-state index contributed by atoms with van der Waals surface area (Å²) < 4.78 is 17.1. The fourth-order valence-electron chi connectivity index (χ4n) is 5.96. The monoisotopic (exact) mass is 485 g/mol. The Bertz CT molecular complexity index is 1050. The van der Waals surface area contributed by atoms with Gasteiger partial charge in [0.1, 0.15) is 5.52 Å². The molecule has 2 N–H and O–H groups in total. The molecule has 0 spiro atoms. The molecule has 0 radical (unpaired) electrons. The lowest BCUT2D eigenvalue weighted by atomic mass is 9.56. The zero-order valence-corrected chi connectivity index (χ0v) is 20.7. The van der Waals surface area contributed by atoms with E-state index in [0.717, 1.165) is 32.1 Å². The molecule has 2 fully saturated rings. The molecule has 2 unspecified atom stereocenters. The molecule has 2 amide bonds. The largest absolute Gasteiger partial charge is 0.434 e. The third-order valence-electron chi connectivity index (χ3n) is 7.97. The third kappa shape index (κ3) is 4.53. The third-order valence-corrected chi connectivity index (χ3v) is 7.97. The average molecular weight is 486 g/mol. The first-order chi connectivity index (χ1) is 16.7. The fraction of sp³-hybridized carbons (Fsp3) is 0.615. The number of ketones is 1. The summed E-state index contributed by atoms with van der Waals surface area (Å²) in [4.78, 5) is 46.7. The quantitative estimate of drug-likeness (QED) is 0.589. The van der Waals surface area contributed by atoms with Gasteiger partial charge in [-0.3, -0.25) is 9.59 Å². The van der Waals surface area contributed by atoms with Crippen molar-refractivity contribution in [1.29, 1.82) is 0 Å². The van der Waals surface area contributed by atoms with Gasteiger partial charge in [0.15, 0.2) is 11.2 Å². The second-order valence-corrected chi connectivity index (χ2v) is 10.2. The van der Waals surface area contributed by atoms with Crippen molar-refractivity contribution < 1.29 is 28.3 Å². The number of primary amides is 1. The van der Waals surface area contributed by atoms with E-state index in [2.05, 4.69) is 4.98 Å². The van der Waals surface area contributed by atoms with Crippen molar-refractivity contribution in [3.8, 4) is 0 Å². The number of Topliss-reactive ketones (excluding diaryl/α,β-unsaturated/α-hetero) is 1. The van der Waals surface area contributed by atoms with E-state index in [1.807, 2.05) is 13.8 Å². The van der Waals surface area contributed by atoms with Crippen molar-refractivity contribution in [2.24, 2.45) is 23.0 Å². The number of oxazole rings is 1. The molecule has 35 heavy (non-hydrogen) atoms. The highest BCUT2D eigenvalue weighted by Crippen LogP contribution is 2.52. The maximum absolute atomic E-state index is 14.4. The van der Waals surface area contributed by atoms with Gasteiger partial charge in [0.05, 0.1) is 19.1 Å². The summed E-state index contributed by atoms with van der Waals surface area (Å²) in [6.07, 6.45) is 3.72. The molecule has 1 aliphatic heterocycles. The highest BCUT2D eigenvalue weighted by Gasteiger charge is 2.64. The Morgan fingerprint density at radius 1 is 1.11 bits per heavy atom. The van der Waals surface area contributed by atoms with Crippen LogP contribution in [-0.2, 0) is 14.3 Å². The number of hydrogen-bond donors (Lipinski definition) is 1. The van der Waals surface area contributed by atoms with E-state index < -0.39 is 28.8 Å². The zero-order valence-electron chi connectivity index (χ0n) is 20.7. The minimum Gasteiger partial charge on any atom is -0.434 e. The first-order valence-corrected chi connectivity index (χ1v) is 12.4. The normalized spacial score (nSPS) is 20.3. The molecule has 2 atom stereocenters. The van der Waals surface area contributed by atoms with Gasteiger partial charge in [0, 0.05) is 18.5 Å². The number of para-hydroxylation sites is 2. The number of nitrogens with zero attached hydrogens (tertiary/aromatic N) is 2.